The summed E-state index contributed by atoms with van der Waals surface area (Å²) in [5, 5.41) is 6.08. The van der Waals surface area contributed by atoms with Crippen molar-refractivity contribution >= 4 is 5.91 Å². The molecule has 0 aliphatic carbocycles. The topological polar surface area (TPSA) is 74.0 Å². The molecule has 0 aromatic carbocycles. The van der Waals surface area contributed by atoms with Crippen LogP contribution in [-0.4, -0.2) is 30.0 Å². The van der Waals surface area contributed by atoms with Crippen LogP contribution < -0.4 is 16.2 Å². The van der Waals surface area contributed by atoms with Crippen LogP contribution in [0.25, 0.3) is 0 Å². The molecule has 2 heterocycles. The van der Waals surface area contributed by atoms with Gasteiger partial charge in [0.25, 0.3) is 5.91 Å². The molecule has 5 heteroatoms. The molecule has 1 amide bonds. The van der Waals surface area contributed by atoms with E-state index < -0.39 is 0 Å². The second-order valence-electron chi connectivity index (χ2n) is 3.93. The molecule has 0 bridgehead atoms. The Bertz CT molecular complexity index is 421. The van der Waals surface area contributed by atoms with Gasteiger partial charge in [-0.2, -0.15) is 0 Å². The van der Waals surface area contributed by atoms with Crippen LogP contribution in [0.15, 0.2) is 23.0 Å². The van der Waals surface area contributed by atoms with Crippen molar-refractivity contribution in [1.29, 1.82) is 0 Å². The first-order valence-electron chi connectivity index (χ1n) is 5.46. The smallest absolute Gasteiger partial charge is 0.267 e. The predicted octanol–water partition coefficient (Wildman–Crippen LogP) is -0.143. The highest BCUT2D eigenvalue weighted by molar-refractivity contribution is 5.92. The summed E-state index contributed by atoms with van der Waals surface area (Å²) >= 11 is 0. The fourth-order valence-electron chi connectivity index (χ4n) is 1.82. The Balaban J connectivity index is 1.90. The standard InChI is InChI=1S/C11H15N3O2/c15-10-5-1-4-9(14-10)11(16)13-7-8-3-2-6-12-8/h1,4-5,8,12H,2-3,6-7H2,(H,13,16)(H,14,15). The number of hydrogen-bond donors (Lipinski definition) is 3. The van der Waals surface area contributed by atoms with Crippen LogP contribution in [0.4, 0.5) is 0 Å². The fraction of sp³-hybridized carbons (Fsp3) is 0.455. The summed E-state index contributed by atoms with van der Waals surface area (Å²) in [6, 6.07) is 4.91. The highest BCUT2D eigenvalue weighted by Gasteiger charge is 2.15. The number of H-pyrrole nitrogens is 1. The van der Waals surface area contributed by atoms with Crippen molar-refractivity contribution in [2.45, 2.75) is 18.9 Å². The molecule has 5 nitrogen and oxygen atoms in total. The van der Waals surface area contributed by atoms with Crippen molar-refractivity contribution in [2.24, 2.45) is 0 Å². The Kier molecular flexibility index (Phi) is 3.36. The van der Waals surface area contributed by atoms with Crippen molar-refractivity contribution in [3.05, 3.63) is 34.2 Å². The first-order valence-corrected chi connectivity index (χ1v) is 5.46. The van der Waals surface area contributed by atoms with Gasteiger partial charge in [-0.25, -0.2) is 0 Å². The van der Waals surface area contributed by atoms with Crippen molar-refractivity contribution in [2.75, 3.05) is 13.1 Å². The molecule has 1 aromatic rings. The summed E-state index contributed by atoms with van der Waals surface area (Å²) in [5.41, 5.74) is 0.0529. The number of aromatic nitrogens is 1. The number of amides is 1. The molecule has 0 spiro atoms. The molecule has 16 heavy (non-hydrogen) atoms. The van der Waals surface area contributed by atoms with E-state index in [1.165, 1.54) is 6.07 Å². The van der Waals surface area contributed by atoms with Gasteiger partial charge < -0.3 is 15.6 Å². The number of carbonyl (C=O) groups is 1. The Morgan fingerprint density at radius 1 is 1.50 bits per heavy atom. The minimum absolute atomic E-state index is 0.230. The van der Waals surface area contributed by atoms with Crippen molar-refractivity contribution in [3.8, 4) is 0 Å². The van der Waals surface area contributed by atoms with Gasteiger partial charge in [-0.3, -0.25) is 9.59 Å². The van der Waals surface area contributed by atoms with Crippen molar-refractivity contribution in [1.82, 2.24) is 15.6 Å². The van der Waals surface area contributed by atoms with E-state index in [4.69, 9.17) is 0 Å². The summed E-state index contributed by atoms with van der Waals surface area (Å²) in [5.74, 6) is -0.230. The molecule has 0 radical (unpaired) electrons. The number of hydrogen-bond acceptors (Lipinski definition) is 3. The maximum atomic E-state index is 11.6. The molecular weight excluding hydrogens is 206 g/mol. The first kappa shape index (κ1) is 10.9. The Hall–Kier alpha value is -1.62. The molecule has 1 atom stereocenters. The second-order valence-corrected chi connectivity index (χ2v) is 3.93. The Labute approximate surface area is 93.3 Å². The van der Waals surface area contributed by atoms with Gasteiger partial charge in [0.05, 0.1) is 0 Å². The number of rotatable bonds is 3. The monoisotopic (exact) mass is 221 g/mol. The van der Waals surface area contributed by atoms with Crippen LogP contribution in [0.2, 0.25) is 0 Å². The van der Waals surface area contributed by atoms with E-state index >= 15 is 0 Å². The normalized spacial score (nSPS) is 19.6. The third kappa shape index (κ3) is 2.70. The van der Waals surface area contributed by atoms with Gasteiger partial charge in [-0.15, -0.1) is 0 Å². The number of aromatic amines is 1. The lowest BCUT2D eigenvalue weighted by atomic mass is 10.2. The van der Waals surface area contributed by atoms with E-state index in [0.717, 1.165) is 19.4 Å². The van der Waals surface area contributed by atoms with Crippen LogP contribution in [0.5, 0.6) is 0 Å². The minimum Gasteiger partial charge on any atom is -0.349 e. The zero-order valence-corrected chi connectivity index (χ0v) is 8.95. The number of pyridine rings is 1. The summed E-state index contributed by atoms with van der Waals surface area (Å²) in [6.45, 7) is 1.62. The van der Waals surface area contributed by atoms with Gasteiger partial charge in [0.2, 0.25) is 5.56 Å². The van der Waals surface area contributed by atoms with E-state index in [2.05, 4.69) is 15.6 Å². The maximum Gasteiger partial charge on any atom is 0.267 e. The fourth-order valence-corrected chi connectivity index (χ4v) is 1.82. The summed E-state index contributed by atoms with van der Waals surface area (Å²) < 4.78 is 0. The van der Waals surface area contributed by atoms with Gasteiger partial charge in [-0.1, -0.05) is 6.07 Å². The molecule has 86 valence electrons. The molecule has 0 saturated carbocycles. The van der Waals surface area contributed by atoms with Gasteiger partial charge in [0, 0.05) is 18.7 Å². The highest BCUT2D eigenvalue weighted by Crippen LogP contribution is 2.03. The molecule has 1 aromatic heterocycles. The quantitative estimate of drug-likeness (QED) is 0.665. The average Bonchev–Trinajstić information content (AvgIpc) is 2.78. The predicted molar refractivity (Wildman–Crippen MR) is 60.4 cm³/mol. The molecular formula is C11H15N3O2. The lowest BCUT2D eigenvalue weighted by Crippen LogP contribution is -2.37. The van der Waals surface area contributed by atoms with Gasteiger partial charge in [0.1, 0.15) is 5.69 Å². The summed E-state index contributed by atoms with van der Waals surface area (Å²) in [6.07, 6.45) is 2.24. The van der Waals surface area contributed by atoms with Crippen molar-refractivity contribution < 1.29 is 4.79 Å². The molecule has 1 aliphatic heterocycles. The number of carbonyl (C=O) groups excluding carboxylic acids is 1. The van der Waals surface area contributed by atoms with Crippen LogP contribution in [0, 0.1) is 0 Å². The van der Waals surface area contributed by atoms with Gasteiger partial charge in [0.15, 0.2) is 0 Å². The first-order chi connectivity index (χ1) is 7.75. The third-order valence-corrected chi connectivity index (χ3v) is 2.68. The van der Waals surface area contributed by atoms with Crippen LogP contribution in [0.3, 0.4) is 0 Å². The highest BCUT2D eigenvalue weighted by atomic mass is 16.2. The summed E-state index contributed by atoms with van der Waals surface area (Å²) in [7, 11) is 0. The zero-order chi connectivity index (χ0) is 11.4. The molecule has 1 saturated heterocycles. The van der Waals surface area contributed by atoms with Crippen LogP contribution in [-0.2, 0) is 0 Å². The Morgan fingerprint density at radius 3 is 3.06 bits per heavy atom. The third-order valence-electron chi connectivity index (χ3n) is 2.68. The molecule has 3 N–H and O–H groups in total. The zero-order valence-electron chi connectivity index (χ0n) is 8.95. The van der Waals surface area contributed by atoms with E-state index in [1.807, 2.05) is 0 Å². The molecule has 1 unspecified atom stereocenters. The van der Waals surface area contributed by atoms with E-state index in [-0.39, 0.29) is 11.5 Å². The van der Waals surface area contributed by atoms with E-state index in [9.17, 15) is 9.59 Å². The largest absolute Gasteiger partial charge is 0.349 e. The minimum atomic E-state index is -0.258. The summed E-state index contributed by atoms with van der Waals surface area (Å²) in [4.78, 5) is 25.1. The second kappa shape index (κ2) is 4.94. The maximum absolute atomic E-state index is 11.6. The van der Waals surface area contributed by atoms with Crippen molar-refractivity contribution in [3.63, 3.8) is 0 Å². The molecule has 2 rings (SSSR count). The molecule has 1 fully saturated rings. The van der Waals surface area contributed by atoms with E-state index in [0.29, 0.717) is 18.3 Å². The van der Waals surface area contributed by atoms with Crippen LogP contribution in [0.1, 0.15) is 23.3 Å². The SMILES string of the molecule is O=C(NCC1CCCN1)c1cccc(=O)[nH]1. The lowest BCUT2D eigenvalue weighted by molar-refractivity contribution is 0.0945. The van der Waals surface area contributed by atoms with Gasteiger partial charge in [-0.05, 0) is 25.5 Å². The van der Waals surface area contributed by atoms with E-state index in [1.54, 1.807) is 12.1 Å². The Morgan fingerprint density at radius 2 is 2.38 bits per heavy atom. The van der Waals surface area contributed by atoms with Crippen LogP contribution >= 0.6 is 0 Å². The lowest BCUT2D eigenvalue weighted by Gasteiger charge is -2.11. The number of nitrogens with one attached hydrogen (secondary N) is 3. The average molecular weight is 221 g/mol. The molecule has 1 aliphatic rings. The van der Waals surface area contributed by atoms with Gasteiger partial charge >= 0.3 is 0 Å².